The van der Waals surface area contributed by atoms with Crippen LogP contribution in [-0.2, 0) is 15.8 Å². The fourth-order valence-corrected chi connectivity index (χ4v) is 3.44. The first kappa shape index (κ1) is 18.3. The third-order valence-electron chi connectivity index (χ3n) is 3.85. The van der Waals surface area contributed by atoms with Gasteiger partial charge in [-0.2, -0.15) is 13.2 Å². The molecule has 0 saturated carbocycles. The lowest BCUT2D eigenvalue weighted by molar-refractivity contribution is -0.137. The molecule has 2 aromatic carbocycles. The molecule has 26 heavy (non-hydrogen) atoms. The van der Waals surface area contributed by atoms with Gasteiger partial charge in [0.1, 0.15) is 6.54 Å². The minimum atomic E-state index is -4.39. The molecule has 1 heterocycles. The zero-order valence-electron chi connectivity index (χ0n) is 13.5. The second-order valence-electron chi connectivity index (χ2n) is 5.77. The number of alkyl halides is 3. The molecule has 1 N–H and O–H groups in total. The van der Waals surface area contributed by atoms with Crippen molar-refractivity contribution in [3.05, 3.63) is 54.1 Å². The average molecular weight is 380 g/mol. The van der Waals surface area contributed by atoms with Crippen LogP contribution < -0.4 is 5.32 Å². The van der Waals surface area contributed by atoms with E-state index in [0.29, 0.717) is 28.4 Å². The normalized spacial score (nSPS) is 14.6. The highest BCUT2D eigenvalue weighted by molar-refractivity contribution is 8.00. The quantitative estimate of drug-likeness (QED) is 0.877. The molecule has 8 heteroatoms. The fourth-order valence-electron chi connectivity index (χ4n) is 2.54. The lowest BCUT2D eigenvalue weighted by Crippen LogP contribution is -2.34. The van der Waals surface area contributed by atoms with E-state index in [4.69, 9.17) is 0 Å². The van der Waals surface area contributed by atoms with Crippen LogP contribution in [0.3, 0.4) is 0 Å². The van der Waals surface area contributed by atoms with Gasteiger partial charge in [0.25, 0.3) is 0 Å². The first-order valence-electron chi connectivity index (χ1n) is 7.76. The summed E-state index contributed by atoms with van der Waals surface area (Å²) in [5.74, 6) is 0.511. The Labute approximate surface area is 152 Å². The molecule has 1 aliphatic heterocycles. The summed E-state index contributed by atoms with van der Waals surface area (Å²) >= 11 is 1.46. The van der Waals surface area contributed by atoms with Crippen molar-refractivity contribution in [1.82, 2.24) is 4.90 Å². The molecular weight excluding hydrogens is 365 g/mol. The first-order chi connectivity index (χ1) is 12.3. The van der Waals surface area contributed by atoms with E-state index in [1.165, 1.54) is 22.7 Å². The number of thioether (sulfide) groups is 1. The highest BCUT2D eigenvalue weighted by atomic mass is 32.2. The minimum absolute atomic E-state index is 0.0127. The minimum Gasteiger partial charge on any atom is -0.325 e. The Morgan fingerprint density at radius 2 is 1.85 bits per heavy atom. The zero-order chi connectivity index (χ0) is 18.7. The molecule has 0 spiro atoms. The Kier molecular flexibility index (Phi) is 5.22. The number of halogens is 3. The first-order valence-corrected chi connectivity index (χ1v) is 8.91. The van der Waals surface area contributed by atoms with Crippen LogP contribution in [0.2, 0.25) is 0 Å². The average Bonchev–Trinajstić information content (AvgIpc) is 2.99. The number of hydrogen-bond acceptors (Lipinski definition) is 3. The highest BCUT2D eigenvalue weighted by Crippen LogP contribution is 2.32. The predicted octanol–water partition coefficient (Wildman–Crippen LogP) is 3.84. The van der Waals surface area contributed by atoms with E-state index in [2.05, 4.69) is 5.32 Å². The summed E-state index contributed by atoms with van der Waals surface area (Å²) in [6.45, 7) is -0.0127. The van der Waals surface area contributed by atoms with E-state index in [9.17, 15) is 22.8 Å². The molecule has 1 saturated heterocycles. The smallest absolute Gasteiger partial charge is 0.325 e. The number of carbonyl (C=O) groups excluding carboxylic acids is 2. The van der Waals surface area contributed by atoms with Crippen molar-refractivity contribution < 1.29 is 22.8 Å². The second kappa shape index (κ2) is 7.41. The molecule has 0 bridgehead atoms. The van der Waals surface area contributed by atoms with Gasteiger partial charge in [0.2, 0.25) is 11.8 Å². The van der Waals surface area contributed by atoms with E-state index >= 15 is 0 Å². The number of nitrogens with zero attached hydrogens (tertiary/aromatic N) is 1. The molecule has 0 atom stereocenters. The Hall–Kier alpha value is -2.48. The summed E-state index contributed by atoms with van der Waals surface area (Å²) in [6, 6.07) is 11.6. The molecule has 1 aliphatic rings. The van der Waals surface area contributed by atoms with Gasteiger partial charge in [-0.15, -0.1) is 11.8 Å². The van der Waals surface area contributed by atoms with Gasteiger partial charge in [-0.25, -0.2) is 0 Å². The molecule has 2 amide bonds. The van der Waals surface area contributed by atoms with Gasteiger partial charge in [0, 0.05) is 5.69 Å². The van der Waals surface area contributed by atoms with E-state index in [1.54, 1.807) is 30.3 Å². The number of anilines is 1. The molecule has 0 unspecified atom stereocenters. The molecule has 3 rings (SSSR count). The van der Waals surface area contributed by atoms with Gasteiger partial charge in [0.15, 0.2) is 0 Å². The van der Waals surface area contributed by atoms with Crippen LogP contribution in [0.4, 0.5) is 18.9 Å². The van der Waals surface area contributed by atoms with Crippen molar-refractivity contribution in [2.75, 3.05) is 23.5 Å². The third-order valence-corrected chi connectivity index (χ3v) is 4.80. The molecule has 136 valence electrons. The Morgan fingerprint density at radius 3 is 2.46 bits per heavy atom. The Morgan fingerprint density at radius 1 is 1.12 bits per heavy atom. The van der Waals surface area contributed by atoms with Crippen molar-refractivity contribution in [3.8, 4) is 11.1 Å². The van der Waals surface area contributed by atoms with Crippen LogP contribution in [0.15, 0.2) is 48.5 Å². The van der Waals surface area contributed by atoms with Crippen LogP contribution in [0.1, 0.15) is 5.56 Å². The SMILES string of the molecule is O=C(CN1CSCC1=O)Nc1ccc(-c2cccc(C(F)(F)F)c2)cc1. The maximum Gasteiger partial charge on any atom is 0.416 e. The number of rotatable bonds is 4. The second-order valence-corrected chi connectivity index (χ2v) is 6.73. The molecule has 2 aromatic rings. The summed E-state index contributed by atoms with van der Waals surface area (Å²) < 4.78 is 38.4. The molecule has 4 nitrogen and oxygen atoms in total. The van der Waals surface area contributed by atoms with E-state index in [1.807, 2.05) is 0 Å². The van der Waals surface area contributed by atoms with Crippen molar-refractivity contribution >= 4 is 29.3 Å². The molecule has 0 radical (unpaired) electrons. The number of carbonyl (C=O) groups is 2. The molecular formula is C18H15F3N2O2S. The maximum atomic E-state index is 12.8. The Balaban J connectivity index is 1.67. The maximum absolute atomic E-state index is 12.8. The van der Waals surface area contributed by atoms with Crippen molar-refractivity contribution in [1.29, 1.82) is 0 Å². The lowest BCUT2D eigenvalue weighted by atomic mass is 10.0. The van der Waals surface area contributed by atoms with Crippen molar-refractivity contribution in [3.63, 3.8) is 0 Å². The van der Waals surface area contributed by atoms with Gasteiger partial charge >= 0.3 is 6.18 Å². The summed E-state index contributed by atoms with van der Waals surface area (Å²) in [6.07, 6.45) is -4.39. The van der Waals surface area contributed by atoms with E-state index in [-0.39, 0.29) is 18.4 Å². The predicted molar refractivity (Wildman–Crippen MR) is 94.5 cm³/mol. The summed E-state index contributed by atoms with van der Waals surface area (Å²) in [5.41, 5.74) is 0.864. The number of nitrogens with one attached hydrogen (secondary N) is 1. The highest BCUT2D eigenvalue weighted by Gasteiger charge is 2.30. The van der Waals surface area contributed by atoms with Gasteiger partial charge in [-0.3, -0.25) is 9.59 Å². The zero-order valence-corrected chi connectivity index (χ0v) is 14.4. The number of benzene rings is 2. The number of amides is 2. The summed E-state index contributed by atoms with van der Waals surface area (Å²) in [4.78, 5) is 25.0. The van der Waals surface area contributed by atoms with Crippen LogP contribution in [-0.4, -0.2) is 34.9 Å². The standard InChI is InChI=1S/C18H15F3N2O2S/c19-18(20,21)14-3-1-2-13(8-14)12-4-6-15(7-5-12)22-16(24)9-23-11-26-10-17(23)25/h1-8H,9-11H2,(H,22,24). The summed E-state index contributed by atoms with van der Waals surface area (Å²) in [5, 5.41) is 2.68. The topological polar surface area (TPSA) is 49.4 Å². The van der Waals surface area contributed by atoms with E-state index in [0.717, 1.165) is 12.1 Å². The van der Waals surface area contributed by atoms with Gasteiger partial charge < -0.3 is 10.2 Å². The van der Waals surface area contributed by atoms with Crippen LogP contribution in [0.5, 0.6) is 0 Å². The lowest BCUT2D eigenvalue weighted by Gasteiger charge is -2.14. The van der Waals surface area contributed by atoms with Crippen molar-refractivity contribution in [2.24, 2.45) is 0 Å². The summed E-state index contributed by atoms with van der Waals surface area (Å²) in [7, 11) is 0. The van der Waals surface area contributed by atoms with Crippen molar-refractivity contribution in [2.45, 2.75) is 6.18 Å². The largest absolute Gasteiger partial charge is 0.416 e. The van der Waals surface area contributed by atoms with Gasteiger partial charge in [-0.1, -0.05) is 24.3 Å². The fraction of sp³-hybridized carbons (Fsp3) is 0.222. The molecule has 1 fully saturated rings. The monoisotopic (exact) mass is 380 g/mol. The third kappa shape index (κ3) is 4.37. The molecule has 0 aromatic heterocycles. The van der Waals surface area contributed by atoms with E-state index < -0.39 is 11.7 Å². The molecule has 0 aliphatic carbocycles. The Bertz CT molecular complexity index is 822. The number of hydrogen-bond donors (Lipinski definition) is 1. The van der Waals surface area contributed by atoms with Gasteiger partial charge in [-0.05, 0) is 35.4 Å². The van der Waals surface area contributed by atoms with Gasteiger partial charge in [0.05, 0.1) is 17.2 Å². The van der Waals surface area contributed by atoms with Crippen LogP contribution in [0, 0.1) is 0 Å². The van der Waals surface area contributed by atoms with Crippen LogP contribution in [0.25, 0.3) is 11.1 Å². The van der Waals surface area contributed by atoms with Crippen LogP contribution >= 0.6 is 11.8 Å².